The molecule has 0 aromatic carbocycles. The molecule has 0 radical (unpaired) electrons. The van der Waals surface area contributed by atoms with Crippen molar-refractivity contribution in [1.82, 2.24) is 9.78 Å². The third kappa shape index (κ3) is 3.59. The predicted molar refractivity (Wildman–Crippen MR) is 54.0 cm³/mol. The van der Waals surface area contributed by atoms with Gasteiger partial charge in [0, 0.05) is 0 Å². The smallest absolute Gasteiger partial charge is 0.266 e. The Morgan fingerprint density at radius 1 is 1.62 bits per heavy atom. The molecule has 0 N–H and O–H groups in total. The molecule has 0 aliphatic rings. The van der Waals surface area contributed by atoms with Crippen LogP contribution in [0.25, 0.3) is 0 Å². The van der Waals surface area contributed by atoms with Crippen LogP contribution in [0.3, 0.4) is 0 Å². The summed E-state index contributed by atoms with van der Waals surface area (Å²) in [6, 6.07) is 0. The predicted octanol–water partition coefficient (Wildman–Crippen LogP) is 0.504. The van der Waals surface area contributed by atoms with Gasteiger partial charge in [-0.2, -0.15) is 13.5 Å². The Hall–Kier alpha value is -1.48. The van der Waals surface area contributed by atoms with E-state index in [9.17, 15) is 18.5 Å². The number of hydrogen-bond acceptors (Lipinski definition) is 6. The molecule has 8 nitrogen and oxygen atoms in total. The summed E-state index contributed by atoms with van der Waals surface area (Å²) in [6.45, 7) is 3.15. The maximum Gasteiger partial charge on any atom is 0.307 e. The lowest BCUT2D eigenvalue weighted by Gasteiger charge is -2.07. The van der Waals surface area contributed by atoms with E-state index in [0.717, 1.165) is 17.1 Å². The van der Waals surface area contributed by atoms with Gasteiger partial charge in [0.15, 0.2) is 5.88 Å². The lowest BCUT2D eigenvalue weighted by Crippen LogP contribution is -2.18. The van der Waals surface area contributed by atoms with Gasteiger partial charge >= 0.3 is 5.69 Å². The summed E-state index contributed by atoms with van der Waals surface area (Å²) in [5, 5.41) is 13.9. The van der Waals surface area contributed by atoms with Gasteiger partial charge in [-0.3, -0.25) is 14.3 Å². The molecular weight excluding hydrogens is 238 g/mol. The van der Waals surface area contributed by atoms with Crippen LogP contribution < -0.4 is 0 Å². The van der Waals surface area contributed by atoms with Crippen molar-refractivity contribution in [3.63, 3.8) is 0 Å². The van der Waals surface area contributed by atoms with Gasteiger partial charge in [-0.25, -0.2) is 4.68 Å². The van der Waals surface area contributed by atoms with E-state index < -0.39 is 27.0 Å². The number of nitro groups is 1. The first-order valence-electron chi connectivity index (χ1n) is 4.38. The standard InChI is InChI=1S/C7H11N3O5S/c1-6(2)15-16(13,14)5-9-4-7(3-8-9)10(11)12/h3-4,6H,5H2,1-2H3. The molecule has 1 rings (SSSR count). The minimum atomic E-state index is -3.77. The minimum absolute atomic E-state index is 0.264. The Labute approximate surface area is 92.1 Å². The molecule has 0 atom stereocenters. The largest absolute Gasteiger partial charge is 0.307 e. The van der Waals surface area contributed by atoms with Gasteiger partial charge in [0.2, 0.25) is 0 Å². The Bertz CT molecular complexity index is 478. The molecule has 0 fully saturated rings. The summed E-state index contributed by atoms with van der Waals surface area (Å²) in [5.74, 6) is -0.543. The molecule has 1 aromatic rings. The van der Waals surface area contributed by atoms with E-state index in [2.05, 4.69) is 9.28 Å². The highest BCUT2D eigenvalue weighted by Crippen LogP contribution is 2.10. The van der Waals surface area contributed by atoms with Crippen LogP contribution in [0, 0.1) is 10.1 Å². The van der Waals surface area contributed by atoms with Gasteiger partial charge in [-0.05, 0) is 13.8 Å². The van der Waals surface area contributed by atoms with Crippen LogP contribution in [0.1, 0.15) is 13.8 Å². The summed E-state index contributed by atoms with van der Waals surface area (Å²) in [6.07, 6.45) is 1.53. The second-order valence-corrected chi connectivity index (χ2v) is 4.89. The van der Waals surface area contributed by atoms with Crippen molar-refractivity contribution in [2.75, 3.05) is 0 Å². The van der Waals surface area contributed by atoms with Crippen LogP contribution in [0.5, 0.6) is 0 Å². The van der Waals surface area contributed by atoms with Crippen LogP contribution >= 0.6 is 0 Å². The summed E-state index contributed by atoms with van der Waals surface area (Å²) in [4.78, 5) is 9.68. The first-order valence-corrected chi connectivity index (χ1v) is 5.96. The van der Waals surface area contributed by atoms with E-state index in [1.165, 1.54) is 0 Å². The van der Waals surface area contributed by atoms with Crippen LogP contribution in [-0.2, 0) is 20.2 Å². The van der Waals surface area contributed by atoms with E-state index in [1.54, 1.807) is 13.8 Å². The van der Waals surface area contributed by atoms with Gasteiger partial charge in [-0.15, -0.1) is 0 Å². The first-order chi connectivity index (χ1) is 7.30. The van der Waals surface area contributed by atoms with Crippen LogP contribution in [0.2, 0.25) is 0 Å². The highest BCUT2D eigenvalue weighted by molar-refractivity contribution is 7.85. The van der Waals surface area contributed by atoms with Crippen molar-refractivity contribution in [2.45, 2.75) is 25.8 Å². The van der Waals surface area contributed by atoms with Crippen molar-refractivity contribution < 1.29 is 17.5 Å². The molecule has 0 saturated carbocycles. The fourth-order valence-corrected chi connectivity index (χ4v) is 2.12. The maximum absolute atomic E-state index is 11.3. The molecule has 0 spiro atoms. The molecule has 0 aliphatic carbocycles. The van der Waals surface area contributed by atoms with Gasteiger partial charge < -0.3 is 0 Å². The molecule has 1 aromatic heterocycles. The lowest BCUT2D eigenvalue weighted by molar-refractivity contribution is -0.385. The zero-order valence-electron chi connectivity index (χ0n) is 8.73. The quantitative estimate of drug-likeness (QED) is 0.427. The molecular formula is C7H11N3O5S. The molecule has 1 heterocycles. The van der Waals surface area contributed by atoms with E-state index in [1.807, 2.05) is 0 Å². The topological polar surface area (TPSA) is 104 Å². The van der Waals surface area contributed by atoms with Crippen molar-refractivity contribution in [2.24, 2.45) is 0 Å². The second kappa shape index (κ2) is 4.58. The summed E-state index contributed by atoms with van der Waals surface area (Å²) in [7, 11) is -3.77. The van der Waals surface area contributed by atoms with Gasteiger partial charge in [0.1, 0.15) is 12.4 Å². The summed E-state index contributed by atoms with van der Waals surface area (Å²) < 4.78 is 28.3. The number of hydrogen-bond donors (Lipinski definition) is 0. The van der Waals surface area contributed by atoms with Gasteiger partial charge in [0.05, 0.1) is 11.0 Å². The molecule has 16 heavy (non-hydrogen) atoms. The number of aromatic nitrogens is 2. The average molecular weight is 249 g/mol. The first kappa shape index (κ1) is 12.6. The average Bonchev–Trinajstić information content (AvgIpc) is 2.48. The number of rotatable bonds is 5. The molecule has 0 bridgehead atoms. The lowest BCUT2D eigenvalue weighted by atomic mass is 10.5. The Balaban J connectivity index is 2.77. The molecule has 0 saturated heterocycles. The van der Waals surface area contributed by atoms with E-state index in [-0.39, 0.29) is 5.69 Å². The second-order valence-electron chi connectivity index (χ2n) is 3.33. The van der Waals surface area contributed by atoms with Crippen molar-refractivity contribution in [1.29, 1.82) is 0 Å². The van der Waals surface area contributed by atoms with E-state index >= 15 is 0 Å². The van der Waals surface area contributed by atoms with E-state index in [4.69, 9.17) is 0 Å². The zero-order chi connectivity index (χ0) is 12.3. The van der Waals surface area contributed by atoms with Gasteiger partial charge in [0.25, 0.3) is 10.1 Å². The summed E-state index contributed by atoms with van der Waals surface area (Å²) >= 11 is 0. The Morgan fingerprint density at radius 3 is 2.69 bits per heavy atom. The molecule has 0 unspecified atom stereocenters. The SMILES string of the molecule is CC(C)OS(=O)(=O)Cn1cc([N+](=O)[O-])cn1. The normalized spacial score (nSPS) is 11.9. The Morgan fingerprint density at radius 2 is 2.25 bits per heavy atom. The van der Waals surface area contributed by atoms with Crippen LogP contribution in [0.4, 0.5) is 5.69 Å². The maximum atomic E-state index is 11.3. The highest BCUT2D eigenvalue weighted by Gasteiger charge is 2.17. The Kier molecular flexibility index (Phi) is 3.60. The zero-order valence-corrected chi connectivity index (χ0v) is 9.55. The van der Waals surface area contributed by atoms with Crippen molar-refractivity contribution >= 4 is 15.8 Å². The van der Waals surface area contributed by atoms with Crippen molar-refractivity contribution in [3.05, 3.63) is 22.5 Å². The van der Waals surface area contributed by atoms with E-state index in [0.29, 0.717) is 0 Å². The fraction of sp³-hybridized carbons (Fsp3) is 0.571. The van der Waals surface area contributed by atoms with Crippen molar-refractivity contribution in [3.8, 4) is 0 Å². The fourth-order valence-electron chi connectivity index (χ4n) is 1.00. The molecule has 0 aliphatic heterocycles. The number of nitrogens with zero attached hydrogens (tertiary/aromatic N) is 3. The highest BCUT2D eigenvalue weighted by atomic mass is 32.2. The molecule has 90 valence electrons. The van der Waals surface area contributed by atoms with Crippen LogP contribution in [0.15, 0.2) is 12.4 Å². The van der Waals surface area contributed by atoms with Gasteiger partial charge in [-0.1, -0.05) is 0 Å². The monoisotopic (exact) mass is 249 g/mol. The van der Waals surface area contributed by atoms with Crippen LogP contribution in [-0.4, -0.2) is 29.2 Å². The third-order valence-corrected chi connectivity index (χ3v) is 2.72. The minimum Gasteiger partial charge on any atom is -0.266 e. The third-order valence-electron chi connectivity index (χ3n) is 1.46. The summed E-state index contributed by atoms with van der Waals surface area (Å²) in [5.41, 5.74) is -0.264. The molecule has 9 heteroatoms. The molecule has 0 amide bonds.